The SMILES string of the molecule is O=S(=O)(CSc1cccc(F)c1F)NS(=O)(=O)C(F)(F)F.[H-].[Li+]. The minimum absolute atomic E-state index is 0. The van der Waals surface area contributed by atoms with Crippen molar-refractivity contribution in [3.05, 3.63) is 29.8 Å². The largest absolute Gasteiger partial charge is 1.00 e. The topological polar surface area (TPSA) is 80.3 Å². The van der Waals surface area contributed by atoms with E-state index in [0.717, 1.165) is 18.2 Å². The van der Waals surface area contributed by atoms with Crippen LogP contribution in [0.25, 0.3) is 0 Å². The number of nitrogens with one attached hydrogen (secondary N) is 1. The Morgan fingerprint density at radius 2 is 1.68 bits per heavy atom. The number of rotatable bonds is 5. The molecule has 0 saturated carbocycles. The first-order valence-electron chi connectivity index (χ1n) is 4.75. The number of hydrogen-bond acceptors (Lipinski definition) is 5. The van der Waals surface area contributed by atoms with E-state index < -0.39 is 47.2 Å². The van der Waals surface area contributed by atoms with E-state index in [0.29, 0.717) is 4.13 Å². The first-order valence-corrected chi connectivity index (χ1v) is 8.87. The number of sulfonamides is 2. The van der Waals surface area contributed by atoms with Gasteiger partial charge in [0.15, 0.2) is 11.6 Å². The molecule has 0 aromatic heterocycles. The fourth-order valence-electron chi connectivity index (χ4n) is 0.975. The molecule has 1 rings (SSSR count). The molecule has 0 amide bonds. The van der Waals surface area contributed by atoms with Gasteiger partial charge in [0.05, 0.1) is 0 Å². The predicted molar refractivity (Wildman–Crippen MR) is 65.2 cm³/mol. The predicted octanol–water partition coefficient (Wildman–Crippen LogP) is -1.10. The van der Waals surface area contributed by atoms with Crippen LogP contribution in [0.4, 0.5) is 22.0 Å². The van der Waals surface area contributed by atoms with E-state index in [4.69, 9.17) is 0 Å². The number of thioether (sulfide) groups is 1. The van der Waals surface area contributed by atoms with Crippen molar-refractivity contribution >= 4 is 31.8 Å². The third-order valence-corrected chi connectivity index (χ3v) is 6.67. The summed E-state index contributed by atoms with van der Waals surface area (Å²) in [5.41, 5.74) is -5.81. The summed E-state index contributed by atoms with van der Waals surface area (Å²) in [4.78, 5) is -0.496. The van der Waals surface area contributed by atoms with Gasteiger partial charge in [-0.25, -0.2) is 25.6 Å². The molecule has 5 nitrogen and oxygen atoms in total. The monoisotopic (exact) mass is 379 g/mol. The second kappa shape index (κ2) is 7.50. The zero-order valence-electron chi connectivity index (χ0n) is 11.7. The Labute approximate surface area is 140 Å². The van der Waals surface area contributed by atoms with Crippen LogP contribution in [0.1, 0.15) is 1.43 Å². The Morgan fingerprint density at radius 3 is 2.18 bits per heavy atom. The van der Waals surface area contributed by atoms with Gasteiger partial charge < -0.3 is 1.43 Å². The zero-order chi connectivity index (χ0) is 16.5. The quantitative estimate of drug-likeness (QED) is 0.399. The molecule has 0 unspecified atom stereocenters. The van der Waals surface area contributed by atoms with Crippen molar-refractivity contribution in [1.29, 1.82) is 0 Å². The van der Waals surface area contributed by atoms with E-state index in [-0.39, 0.29) is 32.0 Å². The Bertz CT molecular complexity index is 741. The summed E-state index contributed by atoms with van der Waals surface area (Å²) in [6, 6.07) is 2.78. The van der Waals surface area contributed by atoms with Gasteiger partial charge in [-0.15, -0.1) is 15.9 Å². The van der Waals surface area contributed by atoms with Crippen molar-refractivity contribution < 1.29 is 59.1 Å². The normalized spacial score (nSPS) is 12.8. The summed E-state index contributed by atoms with van der Waals surface area (Å²) in [7, 11) is -11.0. The second-order valence-electron chi connectivity index (χ2n) is 3.46. The van der Waals surface area contributed by atoms with Crippen LogP contribution in [-0.4, -0.2) is 27.4 Å². The number of benzene rings is 1. The van der Waals surface area contributed by atoms with Crippen LogP contribution >= 0.6 is 11.8 Å². The van der Waals surface area contributed by atoms with Crippen LogP contribution in [0.3, 0.4) is 0 Å². The maximum atomic E-state index is 13.2. The van der Waals surface area contributed by atoms with Crippen LogP contribution in [0.5, 0.6) is 0 Å². The molecule has 0 saturated heterocycles. The zero-order valence-corrected chi connectivity index (χ0v) is 13.1. The van der Waals surface area contributed by atoms with Gasteiger partial charge in [-0.1, -0.05) is 6.07 Å². The standard InChI is InChI=1S/C8H6F5NO4S3.Li.H/c9-5-2-1-3-6(7(5)10)19-4-20(15,16)14-21(17,18)8(11,12)13;;/h1-3,14H,4H2;;/q;+1;-1. The molecule has 0 heterocycles. The maximum Gasteiger partial charge on any atom is 1.00 e. The number of halogens is 5. The van der Waals surface area contributed by atoms with E-state index in [9.17, 15) is 38.8 Å². The van der Waals surface area contributed by atoms with Gasteiger partial charge in [-0.2, -0.15) is 13.2 Å². The van der Waals surface area contributed by atoms with Crippen LogP contribution in [-0.2, 0) is 20.0 Å². The van der Waals surface area contributed by atoms with E-state index >= 15 is 0 Å². The van der Waals surface area contributed by atoms with Crippen LogP contribution < -0.4 is 23.0 Å². The summed E-state index contributed by atoms with van der Waals surface area (Å²) >= 11 is 0.122. The average Bonchev–Trinajstić information content (AvgIpc) is 2.28. The van der Waals surface area contributed by atoms with E-state index in [1.807, 2.05) is 0 Å². The van der Waals surface area contributed by atoms with Crippen molar-refractivity contribution in [1.82, 2.24) is 4.13 Å². The van der Waals surface area contributed by atoms with Crippen molar-refractivity contribution in [2.45, 2.75) is 10.4 Å². The summed E-state index contributed by atoms with van der Waals surface area (Å²) in [6.07, 6.45) is 0. The minimum Gasteiger partial charge on any atom is -1.00 e. The molecule has 14 heteroatoms. The number of hydrogen-bond donors (Lipinski definition) is 1. The van der Waals surface area contributed by atoms with Gasteiger partial charge in [-0.05, 0) is 12.1 Å². The molecule has 0 fully saturated rings. The van der Waals surface area contributed by atoms with Crippen molar-refractivity contribution in [3.63, 3.8) is 0 Å². The van der Waals surface area contributed by atoms with Crippen LogP contribution in [0.2, 0.25) is 0 Å². The molecule has 0 aliphatic carbocycles. The van der Waals surface area contributed by atoms with E-state index in [2.05, 4.69) is 0 Å². The molecule has 0 bridgehead atoms. The molecule has 0 atom stereocenters. The average molecular weight is 379 g/mol. The van der Waals surface area contributed by atoms with Gasteiger partial charge >= 0.3 is 34.4 Å². The Hall–Kier alpha value is -0.323. The summed E-state index contributed by atoms with van der Waals surface area (Å²) in [5.74, 6) is -2.68. The van der Waals surface area contributed by atoms with Crippen molar-refractivity contribution in [2.24, 2.45) is 0 Å². The first-order chi connectivity index (χ1) is 9.36. The van der Waals surface area contributed by atoms with E-state index in [1.54, 1.807) is 0 Å². The second-order valence-corrected chi connectivity index (χ2v) is 8.50. The van der Waals surface area contributed by atoms with Gasteiger partial charge in [0.1, 0.15) is 5.08 Å². The Balaban J connectivity index is 0. The van der Waals surface area contributed by atoms with Gasteiger partial charge in [0.25, 0.3) is 0 Å². The fourth-order valence-corrected chi connectivity index (χ4v) is 4.84. The fraction of sp³-hybridized carbons (Fsp3) is 0.250. The summed E-state index contributed by atoms with van der Waals surface area (Å²) in [6.45, 7) is 0. The minimum atomic E-state index is -6.10. The molecule has 22 heavy (non-hydrogen) atoms. The molecule has 122 valence electrons. The van der Waals surface area contributed by atoms with Gasteiger partial charge in [0.2, 0.25) is 10.0 Å². The van der Waals surface area contributed by atoms with Crippen molar-refractivity contribution in [2.75, 3.05) is 5.08 Å². The Morgan fingerprint density at radius 1 is 1.14 bits per heavy atom. The van der Waals surface area contributed by atoms with E-state index in [1.165, 1.54) is 0 Å². The number of alkyl halides is 3. The molecular formula is C8H7F5LiNO4S3. The summed E-state index contributed by atoms with van der Waals surface area (Å²) < 4.78 is 106. The molecule has 0 aliphatic rings. The molecular weight excluding hydrogens is 372 g/mol. The molecule has 0 spiro atoms. The van der Waals surface area contributed by atoms with Gasteiger partial charge in [-0.3, -0.25) is 0 Å². The van der Waals surface area contributed by atoms with Crippen molar-refractivity contribution in [3.8, 4) is 0 Å². The Kier molecular flexibility index (Phi) is 7.39. The molecule has 1 aromatic rings. The molecule has 1 N–H and O–H groups in total. The molecule has 0 aliphatic heterocycles. The third-order valence-electron chi connectivity index (χ3n) is 1.83. The maximum absolute atomic E-state index is 13.2. The van der Waals surface area contributed by atoms with Crippen LogP contribution in [0, 0.1) is 11.6 Å². The van der Waals surface area contributed by atoms with Gasteiger partial charge in [0, 0.05) is 4.90 Å². The summed E-state index contributed by atoms with van der Waals surface area (Å²) in [5, 5.41) is -1.25. The molecule has 1 aromatic carbocycles. The first kappa shape index (κ1) is 21.7. The molecule has 0 radical (unpaired) electrons. The van der Waals surface area contributed by atoms with Crippen LogP contribution in [0.15, 0.2) is 23.1 Å². The smallest absolute Gasteiger partial charge is 1.00 e. The third kappa shape index (κ3) is 5.71.